The average Bonchev–Trinajstić information content (AvgIpc) is 2.89. The molecule has 1 aliphatic carbocycles. The van der Waals surface area contributed by atoms with Crippen LogP contribution < -0.4 is 4.90 Å². The van der Waals surface area contributed by atoms with Gasteiger partial charge in [0.25, 0.3) is 0 Å². The zero-order valence-electron chi connectivity index (χ0n) is 15.2. The first-order chi connectivity index (χ1) is 11.8. The van der Waals surface area contributed by atoms with E-state index in [1.54, 1.807) is 0 Å². The van der Waals surface area contributed by atoms with Gasteiger partial charge in [0.15, 0.2) is 0 Å². The van der Waals surface area contributed by atoms with E-state index in [0.29, 0.717) is 12.3 Å². The average molecular weight is 342 g/mol. The summed E-state index contributed by atoms with van der Waals surface area (Å²) in [5, 5.41) is 0. The molecule has 1 saturated carbocycles. The van der Waals surface area contributed by atoms with Gasteiger partial charge in [0.1, 0.15) is 5.60 Å². The van der Waals surface area contributed by atoms with Crippen LogP contribution >= 0.6 is 0 Å². The van der Waals surface area contributed by atoms with Gasteiger partial charge in [0, 0.05) is 37.2 Å². The van der Waals surface area contributed by atoms with Crippen molar-refractivity contribution in [1.29, 1.82) is 0 Å². The van der Waals surface area contributed by atoms with E-state index in [0.717, 1.165) is 38.2 Å². The molecule has 5 heteroatoms. The molecule has 0 spiro atoms. The monoisotopic (exact) mass is 342 g/mol. The normalized spacial score (nSPS) is 28.3. The number of likely N-dealkylation sites (tertiary alicyclic amines) is 1. The highest BCUT2D eigenvalue weighted by Gasteiger charge is 2.62. The largest absolute Gasteiger partial charge is 0.444 e. The van der Waals surface area contributed by atoms with Crippen molar-refractivity contribution in [2.24, 2.45) is 5.92 Å². The maximum absolute atomic E-state index is 12.3. The highest BCUT2D eigenvalue weighted by Crippen LogP contribution is 2.59. The first-order valence-corrected chi connectivity index (χ1v) is 9.17. The Kier molecular flexibility index (Phi) is 3.60. The van der Waals surface area contributed by atoms with E-state index in [2.05, 4.69) is 24.3 Å². The molecule has 134 valence electrons. The third-order valence-electron chi connectivity index (χ3n) is 5.62. The van der Waals surface area contributed by atoms with Gasteiger partial charge in [-0.2, -0.15) is 0 Å². The summed E-state index contributed by atoms with van der Waals surface area (Å²) in [5.74, 6) is 0.742. The van der Waals surface area contributed by atoms with Crippen molar-refractivity contribution < 1.29 is 14.3 Å². The molecule has 25 heavy (non-hydrogen) atoms. The number of carbonyl (C=O) groups is 2. The van der Waals surface area contributed by atoms with Crippen molar-refractivity contribution >= 4 is 17.7 Å². The number of hydrogen-bond acceptors (Lipinski definition) is 3. The van der Waals surface area contributed by atoms with E-state index in [9.17, 15) is 9.59 Å². The fourth-order valence-electron chi connectivity index (χ4n) is 4.29. The number of amides is 2. The third-order valence-corrected chi connectivity index (χ3v) is 5.62. The summed E-state index contributed by atoms with van der Waals surface area (Å²) < 4.78 is 5.51. The lowest BCUT2D eigenvalue weighted by Crippen LogP contribution is -2.37. The van der Waals surface area contributed by atoms with Crippen LogP contribution in [0.2, 0.25) is 0 Å². The molecule has 3 aliphatic rings. The second kappa shape index (κ2) is 5.48. The van der Waals surface area contributed by atoms with E-state index in [4.69, 9.17) is 4.74 Å². The molecule has 0 N–H and O–H groups in total. The van der Waals surface area contributed by atoms with Crippen molar-refractivity contribution in [2.45, 2.75) is 51.0 Å². The number of nitrogens with zero attached hydrogens (tertiary/aromatic N) is 2. The van der Waals surface area contributed by atoms with Crippen LogP contribution in [0.1, 0.15) is 45.6 Å². The van der Waals surface area contributed by atoms with E-state index in [-0.39, 0.29) is 17.4 Å². The van der Waals surface area contributed by atoms with Crippen LogP contribution in [0.4, 0.5) is 10.5 Å². The molecule has 2 aliphatic heterocycles. The minimum absolute atomic E-state index is 0.0878. The zero-order valence-corrected chi connectivity index (χ0v) is 15.2. The summed E-state index contributed by atoms with van der Waals surface area (Å²) >= 11 is 0. The van der Waals surface area contributed by atoms with Crippen molar-refractivity contribution in [3.05, 3.63) is 29.8 Å². The van der Waals surface area contributed by atoms with Gasteiger partial charge in [0.05, 0.1) is 0 Å². The van der Waals surface area contributed by atoms with Gasteiger partial charge in [-0.1, -0.05) is 12.1 Å². The van der Waals surface area contributed by atoms with E-state index in [1.807, 2.05) is 30.6 Å². The first-order valence-electron chi connectivity index (χ1n) is 9.17. The Hall–Kier alpha value is -2.04. The molecule has 0 radical (unpaired) electrons. The number of rotatable bonds is 2. The van der Waals surface area contributed by atoms with Gasteiger partial charge in [-0.25, -0.2) is 4.79 Å². The van der Waals surface area contributed by atoms with Crippen LogP contribution in [0.3, 0.4) is 0 Å². The molecule has 0 bridgehead atoms. The Balaban J connectivity index is 1.46. The van der Waals surface area contributed by atoms with Crippen LogP contribution in [0.25, 0.3) is 0 Å². The van der Waals surface area contributed by atoms with Crippen molar-refractivity contribution in [3.8, 4) is 0 Å². The molecule has 2 atom stereocenters. The molecule has 3 fully saturated rings. The van der Waals surface area contributed by atoms with Gasteiger partial charge in [-0.05, 0) is 57.2 Å². The molecular weight excluding hydrogens is 316 g/mol. The topological polar surface area (TPSA) is 49.9 Å². The number of carbonyl (C=O) groups excluding carboxylic acids is 2. The standard InChI is InChI=1S/C20H26N2O3/c1-19(2,3)25-18(24)21-12-15-11-20(15,13-21)14-6-8-16(9-7-14)22-10-4-5-17(22)23/h6-9,15H,4-5,10-13H2,1-3H3. The summed E-state index contributed by atoms with van der Waals surface area (Å²) in [6.45, 7) is 8.02. The van der Waals surface area contributed by atoms with Crippen molar-refractivity contribution in [1.82, 2.24) is 4.90 Å². The summed E-state index contributed by atoms with van der Waals surface area (Å²) in [5.41, 5.74) is 1.89. The van der Waals surface area contributed by atoms with E-state index in [1.165, 1.54) is 5.56 Å². The van der Waals surface area contributed by atoms with Crippen LogP contribution in [0.5, 0.6) is 0 Å². The molecule has 2 saturated heterocycles. The Morgan fingerprint density at radius 2 is 1.96 bits per heavy atom. The molecule has 1 aromatic carbocycles. The molecule has 1 aromatic rings. The first kappa shape index (κ1) is 16.4. The minimum atomic E-state index is -0.457. The Labute approximate surface area is 148 Å². The molecule has 2 amide bonds. The van der Waals surface area contributed by atoms with Crippen molar-refractivity contribution in [2.75, 3.05) is 24.5 Å². The summed E-state index contributed by atoms with van der Waals surface area (Å²) in [6, 6.07) is 8.39. The van der Waals surface area contributed by atoms with Crippen molar-refractivity contribution in [3.63, 3.8) is 0 Å². The maximum Gasteiger partial charge on any atom is 0.410 e. The fraction of sp³-hybridized carbons (Fsp3) is 0.600. The fourth-order valence-corrected chi connectivity index (χ4v) is 4.29. The van der Waals surface area contributed by atoms with Gasteiger partial charge in [-0.15, -0.1) is 0 Å². The predicted octanol–water partition coefficient (Wildman–Crippen LogP) is 3.32. The number of anilines is 1. The van der Waals surface area contributed by atoms with Gasteiger partial charge < -0.3 is 14.5 Å². The van der Waals surface area contributed by atoms with Crippen LogP contribution in [0, 0.1) is 5.92 Å². The number of piperidine rings is 1. The number of ether oxygens (including phenoxy) is 1. The lowest BCUT2D eigenvalue weighted by atomic mass is 9.95. The van der Waals surface area contributed by atoms with Gasteiger partial charge >= 0.3 is 6.09 Å². The van der Waals surface area contributed by atoms with Crippen LogP contribution in [-0.4, -0.2) is 42.1 Å². The number of hydrogen-bond donors (Lipinski definition) is 0. The van der Waals surface area contributed by atoms with E-state index >= 15 is 0 Å². The lowest BCUT2D eigenvalue weighted by molar-refractivity contribution is -0.117. The Morgan fingerprint density at radius 1 is 1.24 bits per heavy atom. The molecule has 4 rings (SSSR count). The maximum atomic E-state index is 12.3. The van der Waals surface area contributed by atoms with Crippen LogP contribution in [0.15, 0.2) is 24.3 Å². The summed E-state index contributed by atoms with van der Waals surface area (Å²) in [4.78, 5) is 27.9. The highest BCUT2D eigenvalue weighted by molar-refractivity contribution is 5.95. The van der Waals surface area contributed by atoms with Crippen LogP contribution in [-0.2, 0) is 14.9 Å². The second-order valence-electron chi connectivity index (χ2n) is 8.61. The number of benzene rings is 1. The van der Waals surface area contributed by atoms with Gasteiger partial charge in [-0.3, -0.25) is 4.79 Å². The minimum Gasteiger partial charge on any atom is -0.444 e. The van der Waals surface area contributed by atoms with E-state index < -0.39 is 5.60 Å². The zero-order chi connectivity index (χ0) is 17.8. The predicted molar refractivity (Wildman–Crippen MR) is 95.6 cm³/mol. The summed E-state index contributed by atoms with van der Waals surface area (Å²) in [6.07, 6.45) is 2.52. The molecule has 2 heterocycles. The SMILES string of the molecule is CC(C)(C)OC(=O)N1CC2CC2(c2ccc(N3CCCC3=O)cc2)C1. The smallest absolute Gasteiger partial charge is 0.410 e. The highest BCUT2D eigenvalue weighted by atomic mass is 16.6. The molecular formula is C20H26N2O3. The second-order valence-corrected chi connectivity index (χ2v) is 8.61. The molecule has 2 unspecified atom stereocenters. The Bertz CT molecular complexity index is 707. The number of fused-ring (bicyclic) bond motifs is 1. The molecule has 0 aromatic heterocycles. The Morgan fingerprint density at radius 3 is 2.56 bits per heavy atom. The summed E-state index contributed by atoms with van der Waals surface area (Å²) in [7, 11) is 0. The quantitative estimate of drug-likeness (QED) is 0.828. The van der Waals surface area contributed by atoms with Gasteiger partial charge in [0.2, 0.25) is 5.91 Å². The lowest BCUT2D eigenvalue weighted by Gasteiger charge is -2.26. The molecule has 5 nitrogen and oxygen atoms in total. The third kappa shape index (κ3) is 2.90.